The highest BCUT2D eigenvalue weighted by Gasteiger charge is 2.41. The maximum Gasteiger partial charge on any atom is 0.355 e. The molecule has 7 heteroatoms. The highest BCUT2D eigenvalue weighted by Crippen LogP contribution is 2.61. The molecule has 6 nitrogen and oxygen atoms in total. The summed E-state index contributed by atoms with van der Waals surface area (Å²) in [6, 6.07) is 32.1. The van der Waals surface area contributed by atoms with E-state index in [4.69, 9.17) is 13.5 Å². The predicted molar refractivity (Wildman–Crippen MR) is 135 cm³/mol. The highest BCUT2D eigenvalue weighted by molar-refractivity contribution is 7.54. The van der Waals surface area contributed by atoms with Crippen LogP contribution in [0.25, 0.3) is 0 Å². The van der Waals surface area contributed by atoms with E-state index in [-0.39, 0.29) is 25.9 Å². The van der Waals surface area contributed by atoms with E-state index in [1.165, 1.54) is 0 Å². The second-order valence-corrected chi connectivity index (χ2v) is 10.3. The molecule has 2 atom stereocenters. The Kier molecular flexibility index (Phi) is 8.69. The molecule has 0 fully saturated rings. The van der Waals surface area contributed by atoms with Crippen LogP contribution in [-0.2, 0) is 33.4 Å². The van der Waals surface area contributed by atoms with E-state index in [0.29, 0.717) is 11.5 Å². The summed E-state index contributed by atoms with van der Waals surface area (Å²) in [6.07, 6.45) is 0. The van der Waals surface area contributed by atoms with E-state index in [1.54, 1.807) is 12.1 Å². The number of hydrogen-bond donors (Lipinski definition) is 2. The number of furan rings is 1. The van der Waals surface area contributed by atoms with Gasteiger partial charge in [-0.1, -0.05) is 91.0 Å². The molecule has 35 heavy (non-hydrogen) atoms. The molecular weight excluding hydrogens is 461 g/mol. The lowest BCUT2D eigenvalue weighted by Gasteiger charge is -2.29. The van der Waals surface area contributed by atoms with Crippen molar-refractivity contribution in [3.8, 4) is 0 Å². The predicted octanol–water partition coefficient (Wildman–Crippen LogP) is 6.75. The van der Waals surface area contributed by atoms with E-state index >= 15 is 0 Å². The maximum absolute atomic E-state index is 14.5. The van der Waals surface area contributed by atoms with Gasteiger partial charge in [-0.2, -0.15) is 0 Å². The minimum Gasteiger partial charge on any atom is -0.461 e. The van der Waals surface area contributed by atoms with E-state index in [9.17, 15) is 9.67 Å². The van der Waals surface area contributed by atoms with Crippen LogP contribution in [0.1, 0.15) is 47.0 Å². The maximum atomic E-state index is 14.5. The van der Waals surface area contributed by atoms with Crippen molar-refractivity contribution < 1.29 is 23.1 Å². The number of nitrogens with one attached hydrogen (secondary N) is 1. The Morgan fingerprint density at radius 2 is 1.31 bits per heavy atom. The summed E-state index contributed by atoms with van der Waals surface area (Å²) < 4.78 is 32.5. The zero-order chi connectivity index (χ0) is 24.5. The molecule has 4 aromatic rings. The minimum absolute atomic E-state index is 0.109. The van der Waals surface area contributed by atoms with E-state index in [1.807, 2.05) is 97.9 Å². The van der Waals surface area contributed by atoms with Crippen molar-refractivity contribution in [2.75, 3.05) is 0 Å². The Morgan fingerprint density at radius 3 is 1.80 bits per heavy atom. The molecule has 2 N–H and O–H groups in total. The summed E-state index contributed by atoms with van der Waals surface area (Å²) in [4.78, 5) is 0. The van der Waals surface area contributed by atoms with E-state index in [0.717, 1.165) is 16.7 Å². The van der Waals surface area contributed by atoms with Gasteiger partial charge in [-0.25, -0.2) is 0 Å². The third-order valence-electron chi connectivity index (χ3n) is 5.64. The third-order valence-corrected chi connectivity index (χ3v) is 7.65. The van der Waals surface area contributed by atoms with Gasteiger partial charge in [0, 0.05) is 6.04 Å². The molecule has 0 saturated heterocycles. The molecule has 0 amide bonds. The fraction of sp³-hybridized carbons (Fsp3) is 0.214. The normalized spacial score (nSPS) is 13.4. The molecule has 0 spiro atoms. The van der Waals surface area contributed by atoms with Crippen molar-refractivity contribution in [1.29, 1.82) is 0 Å². The van der Waals surface area contributed by atoms with Gasteiger partial charge in [-0.05, 0) is 35.7 Å². The first-order valence-corrected chi connectivity index (χ1v) is 13.2. The first-order chi connectivity index (χ1) is 17.1. The number of benzene rings is 3. The topological polar surface area (TPSA) is 80.9 Å². The standard InChI is InChI=1S/C28H30NO5P/c1-22(25-15-9-4-10-16-25)29-28(27-18-17-26(19-30)34-27)35(31,32-20-23-11-5-2-6-12-23)33-21-24-13-7-3-8-14-24/h2-18,22,28-30H,19-21H2,1H3/t22-,28-/m0/s1. The van der Waals surface area contributed by atoms with Gasteiger partial charge >= 0.3 is 7.60 Å². The van der Waals surface area contributed by atoms with Crippen LogP contribution in [0.5, 0.6) is 0 Å². The van der Waals surface area contributed by atoms with Gasteiger partial charge in [-0.15, -0.1) is 0 Å². The van der Waals surface area contributed by atoms with Crippen molar-refractivity contribution in [1.82, 2.24) is 5.32 Å². The second-order valence-electron chi connectivity index (χ2n) is 8.22. The average Bonchev–Trinajstić information content (AvgIpc) is 3.40. The molecular formula is C28H30NO5P. The number of hydrogen-bond acceptors (Lipinski definition) is 6. The molecule has 182 valence electrons. The van der Waals surface area contributed by atoms with Crippen molar-refractivity contribution >= 4 is 7.60 Å². The SMILES string of the molecule is C[C@H](N[C@H](c1ccc(CO)o1)P(=O)(OCc1ccccc1)OCc1ccccc1)c1ccccc1. The Labute approximate surface area is 206 Å². The Bertz CT molecular complexity index is 1170. The fourth-order valence-corrected chi connectivity index (χ4v) is 5.58. The number of aliphatic hydroxyl groups excluding tert-OH is 1. The molecule has 0 radical (unpaired) electrons. The Hall–Kier alpha value is -2.99. The first-order valence-electron chi connectivity index (χ1n) is 11.5. The van der Waals surface area contributed by atoms with Crippen LogP contribution in [0.2, 0.25) is 0 Å². The van der Waals surface area contributed by atoms with Crippen LogP contribution in [0.15, 0.2) is 108 Å². The summed E-state index contributed by atoms with van der Waals surface area (Å²) in [6.45, 7) is 1.94. The van der Waals surface area contributed by atoms with Crippen LogP contribution in [0.4, 0.5) is 0 Å². The van der Waals surface area contributed by atoms with Gasteiger partial charge in [0.2, 0.25) is 0 Å². The summed E-state index contributed by atoms with van der Waals surface area (Å²) >= 11 is 0. The molecule has 0 aliphatic heterocycles. The third kappa shape index (κ3) is 6.79. The van der Waals surface area contributed by atoms with Gasteiger partial charge in [0.05, 0.1) is 13.2 Å². The number of rotatable bonds is 12. The molecule has 0 aliphatic carbocycles. The van der Waals surface area contributed by atoms with Crippen molar-refractivity contribution in [2.24, 2.45) is 0 Å². The zero-order valence-corrected chi connectivity index (χ0v) is 20.5. The Morgan fingerprint density at radius 1 is 0.800 bits per heavy atom. The zero-order valence-electron chi connectivity index (χ0n) is 19.6. The molecule has 0 bridgehead atoms. The lowest BCUT2D eigenvalue weighted by atomic mass is 10.1. The second kappa shape index (κ2) is 12.1. The minimum atomic E-state index is -3.84. The fourth-order valence-electron chi connectivity index (χ4n) is 3.69. The van der Waals surface area contributed by atoms with Crippen LogP contribution in [0, 0.1) is 0 Å². The van der Waals surface area contributed by atoms with Crippen molar-refractivity contribution in [2.45, 2.75) is 38.6 Å². The molecule has 0 saturated carbocycles. The summed E-state index contributed by atoms with van der Waals surface area (Å²) in [5.41, 5.74) is 2.77. The van der Waals surface area contributed by atoms with Crippen LogP contribution >= 0.6 is 7.60 Å². The first kappa shape index (κ1) is 25.1. The van der Waals surface area contributed by atoms with Gasteiger partial charge in [0.25, 0.3) is 0 Å². The molecule has 3 aromatic carbocycles. The van der Waals surface area contributed by atoms with Gasteiger partial charge in [0.15, 0.2) is 5.78 Å². The average molecular weight is 492 g/mol. The van der Waals surface area contributed by atoms with Crippen LogP contribution in [0.3, 0.4) is 0 Å². The van der Waals surface area contributed by atoms with Gasteiger partial charge in [-0.3, -0.25) is 9.88 Å². The molecule has 0 unspecified atom stereocenters. The van der Waals surface area contributed by atoms with Gasteiger partial charge in [0.1, 0.15) is 18.1 Å². The summed E-state index contributed by atoms with van der Waals surface area (Å²) in [5.74, 6) is -0.149. The molecule has 4 rings (SSSR count). The molecule has 1 heterocycles. The Balaban J connectivity index is 1.67. The number of aliphatic hydroxyl groups is 1. The van der Waals surface area contributed by atoms with E-state index < -0.39 is 13.4 Å². The molecule has 1 aromatic heterocycles. The van der Waals surface area contributed by atoms with Crippen molar-refractivity contribution in [3.63, 3.8) is 0 Å². The lowest BCUT2D eigenvalue weighted by molar-refractivity contribution is 0.173. The summed E-state index contributed by atoms with van der Waals surface area (Å²) in [7, 11) is -3.84. The molecule has 0 aliphatic rings. The quantitative estimate of drug-likeness (QED) is 0.213. The van der Waals surface area contributed by atoms with Crippen LogP contribution < -0.4 is 5.32 Å². The monoisotopic (exact) mass is 491 g/mol. The van der Waals surface area contributed by atoms with Gasteiger partial charge < -0.3 is 18.6 Å². The lowest BCUT2D eigenvalue weighted by Crippen LogP contribution is -2.26. The smallest absolute Gasteiger partial charge is 0.355 e. The largest absolute Gasteiger partial charge is 0.461 e. The highest BCUT2D eigenvalue weighted by atomic mass is 31.2. The van der Waals surface area contributed by atoms with E-state index in [2.05, 4.69) is 5.32 Å². The van der Waals surface area contributed by atoms with Crippen LogP contribution in [-0.4, -0.2) is 5.11 Å². The van der Waals surface area contributed by atoms with Crippen molar-refractivity contribution in [3.05, 3.63) is 131 Å². The summed E-state index contributed by atoms with van der Waals surface area (Å²) in [5, 5.41) is 13.0.